The minimum atomic E-state index is -0.410. The predicted molar refractivity (Wildman–Crippen MR) is 123 cm³/mol. The lowest BCUT2D eigenvalue weighted by Crippen LogP contribution is -2.30. The topological polar surface area (TPSA) is 67.9 Å². The first kappa shape index (κ1) is 24.8. The first-order valence-electron chi connectivity index (χ1n) is 9.34. The second-order valence-electron chi connectivity index (χ2n) is 6.46. The summed E-state index contributed by atoms with van der Waals surface area (Å²) in [6.07, 6.45) is 0.751. The van der Waals surface area contributed by atoms with Crippen LogP contribution >= 0.6 is 46.9 Å². The summed E-state index contributed by atoms with van der Waals surface area (Å²) in [5, 5.41) is 4.11. The summed E-state index contributed by atoms with van der Waals surface area (Å²) in [4.78, 5) is 28.4. The molecular weight excluding hydrogens is 471 g/mol. The van der Waals surface area contributed by atoms with Gasteiger partial charge in [0, 0.05) is 23.0 Å². The minimum absolute atomic E-state index is 0. The minimum Gasteiger partial charge on any atom is -0.482 e. The van der Waals surface area contributed by atoms with Gasteiger partial charge in [-0.15, -0.1) is 23.7 Å². The van der Waals surface area contributed by atoms with Gasteiger partial charge < -0.3 is 14.8 Å². The first-order chi connectivity index (χ1) is 13.9. The molecule has 0 radical (unpaired) electrons. The number of likely N-dealkylation sites (N-methyl/N-ethyl adjacent to an activating group) is 1. The van der Waals surface area contributed by atoms with Crippen LogP contribution in [0.15, 0.2) is 18.2 Å². The van der Waals surface area contributed by atoms with Gasteiger partial charge in [0.05, 0.1) is 17.2 Å². The third-order valence-electron chi connectivity index (χ3n) is 4.57. The molecule has 0 spiro atoms. The molecule has 10 heteroatoms. The molecule has 3 rings (SSSR count). The molecule has 2 aromatic rings. The number of halogens is 3. The van der Waals surface area contributed by atoms with Crippen molar-refractivity contribution < 1.29 is 19.1 Å². The number of anilines is 1. The zero-order chi connectivity index (χ0) is 21.0. The molecule has 6 nitrogen and oxygen atoms in total. The zero-order valence-electron chi connectivity index (χ0n) is 16.6. The number of thiophene rings is 1. The second kappa shape index (κ2) is 11.2. The van der Waals surface area contributed by atoms with E-state index < -0.39 is 5.97 Å². The van der Waals surface area contributed by atoms with Gasteiger partial charge in [0.15, 0.2) is 6.61 Å². The van der Waals surface area contributed by atoms with Crippen molar-refractivity contribution in [2.45, 2.75) is 26.8 Å². The Hall–Kier alpha value is -1.51. The lowest BCUT2D eigenvalue weighted by atomic mass is 10.0. The van der Waals surface area contributed by atoms with Crippen LogP contribution in [-0.4, -0.2) is 43.1 Å². The van der Waals surface area contributed by atoms with E-state index in [0.717, 1.165) is 36.5 Å². The first-order valence-corrected chi connectivity index (χ1v) is 10.9. The molecule has 0 aliphatic carbocycles. The SMILES string of the molecule is CCOC(=O)c1c(NC(=O)COc2ccc(Cl)cc2Cl)sc2c1CCN(CC)C2.Cl. The van der Waals surface area contributed by atoms with Crippen LogP contribution in [0.2, 0.25) is 10.0 Å². The van der Waals surface area contributed by atoms with Crippen LogP contribution in [0.1, 0.15) is 34.6 Å². The van der Waals surface area contributed by atoms with Gasteiger partial charge in [-0.05, 0) is 43.7 Å². The van der Waals surface area contributed by atoms with Gasteiger partial charge in [-0.3, -0.25) is 9.69 Å². The molecule has 164 valence electrons. The van der Waals surface area contributed by atoms with E-state index >= 15 is 0 Å². The average molecular weight is 494 g/mol. The van der Waals surface area contributed by atoms with Gasteiger partial charge in [0.2, 0.25) is 0 Å². The summed E-state index contributed by atoms with van der Waals surface area (Å²) in [7, 11) is 0. The van der Waals surface area contributed by atoms with Gasteiger partial charge in [-0.1, -0.05) is 30.1 Å². The fourth-order valence-corrected chi connectivity index (χ4v) is 4.89. The van der Waals surface area contributed by atoms with Crippen molar-refractivity contribution in [3.63, 3.8) is 0 Å². The number of amides is 1. The number of nitrogens with zero attached hydrogens (tertiary/aromatic N) is 1. The highest BCUT2D eigenvalue weighted by atomic mass is 35.5. The standard InChI is InChI=1S/C20H22Cl2N2O4S.ClH/c1-3-24-8-7-13-16(10-24)29-19(18(13)20(26)27-4-2)23-17(25)11-28-15-6-5-12(21)9-14(15)22;/h5-6,9H,3-4,7-8,10-11H2,1-2H3,(H,23,25);1H. The van der Waals surface area contributed by atoms with Gasteiger partial charge in [-0.25, -0.2) is 4.79 Å². The molecule has 30 heavy (non-hydrogen) atoms. The predicted octanol–water partition coefficient (Wildman–Crippen LogP) is 5.05. The number of carbonyl (C=O) groups excluding carboxylic acids is 2. The molecule has 0 atom stereocenters. The maximum absolute atomic E-state index is 12.5. The number of nitrogens with one attached hydrogen (secondary N) is 1. The van der Waals surface area contributed by atoms with Crippen molar-refractivity contribution in [1.82, 2.24) is 4.90 Å². The normalized spacial score (nSPS) is 13.2. The molecule has 0 saturated carbocycles. The molecular formula is C20H23Cl3N2O4S. The van der Waals surface area contributed by atoms with Crippen molar-refractivity contribution in [2.75, 3.05) is 31.6 Å². The van der Waals surface area contributed by atoms with Crippen LogP contribution < -0.4 is 10.1 Å². The quantitative estimate of drug-likeness (QED) is 0.547. The van der Waals surface area contributed by atoms with Crippen molar-refractivity contribution in [3.05, 3.63) is 44.2 Å². The molecule has 0 saturated heterocycles. The van der Waals surface area contributed by atoms with Crippen molar-refractivity contribution in [1.29, 1.82) is 0 Å². The summed E-state index contributed by atoms with van der Waals surface area (Å²) >= 11 is 13.3. The number of hydrogen-bond donors (Lipinski definition) is 1. The summed E-state index contributed by atoms with van der Waals surface area (Å²) in [5.41, 5.74) is 1.43. The van der Waals surface area contributed by atoms with E-state index in [2.05, 4.69) is 17.1 Å². The maximum atomic E-state index is 12.5. The highest BCUT2D eigenvalue weighted by molar-refractivity contribution is 7.17. The highest BCUT2D eigenvalue weighted by Gasteiger charge is 2.29. The Bertz CT molecular complexity index is 920. The molecule has 0 fully saturated rings. The number of benzene rings is 1. The Kier molecular flexibility index (Phi) is 9.25. The largest absolute Gasteiger partial charge is 0.482 e. The fraction of sp³-hybridized carbons (Fsp3) is 0.400. The van der Waals surface area contributed by atoms with E-state index in [1.165, 1.54) is 11.3 Å². The Labute approximate surface area is 195 Å². The lowest BCUT2D eigenvalue weighted by Gasteiger charge is -2.25. The summed E-state index contributed by atoms with van der Waals surface area (Å²) in [5.74, 6) is -0.430. The monoisotopic (exact) mass is 492 g/mol. The highest BCUT2D eigenvalue weighted by Crippen LogP contribution is 2.37. The number of carbonyl (C=O) groups is 2. The molecule has 0 unspecified atom stereocenters. The third kappa shape index (κ3) is 5.80. The van der Waals surface area contributed by atoms with Gasteiger partial charge >= 0.3 is 5.97 Å². The van der Waals surface area contributed by atoms with Crippen LogP contribution in [0, 0.1) is 0 Å². The van der Waals surface area contributed by atoms with Gasteiger partial charge in [0.25, 0.3) is 5.91 Å². The summed E-state index contributed by atoms with van der Waals surface area (Å²) in [6, 6.07) is 4.78. The third-order valence-corrected chi connectivity index (χ3v) is 6.23. The van der Waals surface area contributed by atoms with Crippen LogP contribution in [0.4, 0.5) is 5.00 Å². The van der Waals surface area contributed by atoms with Crippen LogP contribution in [-0.2, 0) is 22.5 Å². The van der Waals surface area contributed by atoms with E-state index in [0.29, 0.717) is 26.4 Å². The van der Waals surface area contributed by atoms with E-state index in [1.807, 2.05) is 0 Å². The Morgan fingerprint density at radius 3 is 2.70 bits per heavy atom. The summed E-state index contributed by atoms with van der Waals surface area (Å²) < 4.78 is 10.7. The number of ether oxygens (including phenoxy) is 2. The zero-order valence-corrected chi connectivity index (χ0v) is 19.8. The van der Waals surface area contributed by atoms with Crippen molar-refractivity contribution in [2.24, 2.45) is 0 Å². The average Bonchev–Trinajstić information content (AvgIpc) is 3.04. The van der Waals surface area contributed by atoms with E-state index in [9.17, 15) is 9.59 Å². The Morgan fingerprint density at radius 2 is 2.03 bits per heavy atom. The molecule has 1 N–H and O–H groups in total. The van der Waals surface area contributed by atoms with Crippen molar-refractivity contribution >= 4 is 63.8 Å². The maximum Gasteiger partial charge on any atom is 0.341 e. The van der Waals surface area contributed by atoms with Crippen LogP contribution in [0.25, 0.3) is 0 Å². The second-order valence-corrected chi connectivity index (χ2v) is 8.41. The molecule has 1 aromatic heterocycles. The van der Waals surface area contributed by atoms with Crippen molar-refractivity contribution in [3.8, 4) is 5.75 Å². The van der Waals surface area contributed by atoms with E-state index in [1.54, 1.807) is 25.1 Å². The number of fused-ring (bicyclic) bond motifs is 1. The van der Waals surface area contributed by atoms with E-state index in [4.69, 9.17) is 32.7 Å². The van der Waals surface area contributed by atoms with Crippen LogP contribution in [0.5, 0.6) is 5.75 Å². The molecule has 1 aliphatic rings. The Morgan fingerprint density at radius 1 is 1.27 bits per heavy atom. The number of esters is 1. The van der Waals surface area contributed by atoms with E-state index in [-0.39, 0.29) is 31.5 Å². The Balaban J connectivity index is 0.00000320. The smallest absolute Gasteiger partial charge is 0.341 e. The van der Waals surface area contributed by atoms with Crippen LogP contribution in [0.3, 0.4) is 0 Å². The molecule has 1 aliphatic heterocycles. The van der Waals surface area contributed by atoms with Gasteiger partial charge in [0.1, 0.15) is 10.8 Å². The number of rotatable bonds is 7. The number of hydrogen-bond acceptors (Lipinski definition) is 6. The summed E-state index contributed by atoms with van der Waals surface area (Å²) in [6.45, 7) is 6.46. The van der Waals surface area contributed by atoms with Gasteiger partial charge in [-0.2, -0.15) is 0 Å². The lowest BCUT2D eigenvalue weighted by molar-refractivity contribution is -0.118. The molecule has 0 bridgehead atoms. The molecule has 1 aromatic carbocycles. The molecule has 1 amide bonds. The fourth-order valence-electron chi connectivity index (χ4n) is 3.13. The molecule has 2 heterocycles.